The van der Waals surface area contributed by atoms with Gasteiger partial charge in [-0.1, -0.05) is 0 Å². The van der Waals surface area contributed by atoms with E-state index in [1.54, 1.807) is 0 Å². The van der Waals surface area contributed by atoms with E-state index >= 15 is 0 Å². The Morgan fingerprint density at radius 2 is 2.43 bits per heavy atom. The van der Waals surface area contributed by atoms with Crippen LogP contribution in [0.15, 0.2) is 24.5 Å². The Bertz CT molecular complexity index is 440. The Kier molecular flexibility index (Phi) is 1.77. The topological polar surface area (TPSA) is 40.7 Å². The Morgan fingerprint density at radius 1 is 1.43 bits per heavy atom. The summed E-state index contributed by atoms with van der Waals surface area (Å²) in [5.74, 6) is 0.660. The molecule has 2 aromatic rings. The van der Waals surface area contributed by atoms with Crippen LogP contribution >= 0.6 is 0 Å². The molecule has 0 radical (unpaired) electrons. The zero-order chi connectivity index (χ0) is 9.38. The molecule has 0 amide bonds. The molecule has 3 nitrogen and oxygen atoms in total. The average Bonchev–Trinajstić information content (AvgIpc) is 2.85. The van der Waals surface area contributed by atoms with Crippen LogP contribution in [-0.2, 0) is 0 Å². The van der Waals surface area contributed by atoms with Gasteiger partial charge in [0.05, 0.1) is 0 Å². The van der Waals surface area contributed by atoms with Crippen molar-refractivity contribution in [3.63, 3.8) is 0 Å². The van der Waals surface area contributed by atoms with Gasteiger partial charge in [0.2, 0.25) is 0 Å². The number of nitrogens with one attached hydrogen (secondary N) is 2. The van der Waals surface area contributed by atoms with Crippen LogP contribution in [0.5, 0.6) is 0 Å². The van der Waals surface area contributed by atoms with Gasteiger partial charge in [-0.25, -0.2) is 4.98 Å². The fourth-order valence-electron chi connectivity index (χ4n) is 2.23. The molecule has 0 aromatic carbocycles. The highest BCUT2D eigenvalue weighted by molar-refractivity contribution is 5.80. The molecule has 0 aliphatic carbocycles. The largest absolute Gasteiger partial charge is 0.346 e. The van der Waals surface area contributed by atoms with Gasteiger partial charge in [0.1, 0.15) is 5.65 Å². The lowest BCUT2D eigenvalue weighted by Gasteiger charge is -2.05. The molecule has 72 valence electrons. The Hall–Kier alpha value is -1.35. The van der Waals surface area contributed by atoms with Crippen LogP contribution in [0.25, 0.3) is 11.0 Å². The minimum absolute atomic E-state index is 0.660. The van der Waals surface area contributed by atoms with Gasteiger partial charge in [-0.3, -0.25) is 0 Å². The molecule has 1 fully saturated rings. The number of hydrogen-bond donors (Lipinski definition) is 2. The van der Waals surface area contributed by atoms with E-state index in [0.29, 0.717) is 5.92 Å². The number of H-pyrrole nitrogens is 1. The van der Waals surface area contributed by atoms with E-state index in [0.717, 1.165) is 18.7 Å². The summed E-state index contributed by atoms with van der Waals surface area (Å²) in [6, 6.07) is 4.15. The van der Waals surface area contributed by atoms with E-state index in [1.807, 2.05) is 12.3 Å². The maximum atomic E-state index is 4.30. The average molecular weight is 187 g/mol. The number of pyridine rings is 1. The maximum Gasteiger partial charge on any atom is 0.137 e. The van der Waals surface area contributed by atoms with Gasteiger partial charge in [-0.2, -0.15) is 0 Å². The van der Waals surface area contributed by atoms with Crippen molar-refractivity contribution in [2.24, 2.45) is 0 Å². The van der Waals surface area contributed by atoms with Gasteiger partial charge >= 0.3 is 0 Å². The van der Waals surface area contributed by atoms with Gasteiger partial charge in [0.25, 0.3) is 0 Å². The first-order valence-electron chi connectivity index (χ1n) is 5.08. The summed E-state index contributed by atoms with van der Waals surface area (Å²) >= 11 is 0. The van der Waals surface area contributed by atoms with Crippen LogP contribution in [0.1, 0.15) is 17.9 Å². The minimum Gasteiger partial charge on any atom is -0.346 e. The molecule has 1 aliphatic rings. The minimum atomic E-state index is 0.660. The van der Waals surface area contributed by atoms with Gasteiger partial charge in [-0.15, -0.1) is 0 Å². The third-order valence-electron chi connectivity index (χ3n) is 2.98. The van der Waals surface area contributed by atoms with Crippen LogP contribution in [0, 0.1) is 0 Å². The van der Waals surface area contributed by atoms with Crippen molar-refractivity contribution >= 4 is 11.0 Å². The fraction of sp³-hybridized carbons (Fsp3) is 0.364. The van der Waals surface area contributed by atoms with E-state index < -0.39 is 0 Å². The van der Waals surface area contributed by atoms with Crippen LogP contribution in [-0.4, -0.2) is 23.1 Å². The van der Waals surface area contributed by atoms with Crippen molar-refractivity contribution in [2.75, 3.05) is 13.1 Å². The van der Waals surface area contributed by atoms with E-state index in [2.05, 4.69) is 27.5 Å². The third kappa shape index (κ3) is 1.13. The summed E-state index contributed by atoms with van der Waals surface area (Å²) < 4.78 is 0. The SMILES string of the molecule is c1cnc2[nH]cc([C@H]3CCNC3)c2c1. The quantitative estimate of drug-likeness (QED) is 0.712. The molecule has 0 spiro atoms. The predicted molar refractivity (Wildman–Crippen MR) is 56.3 cm³/mol. The summed E-state index contributed by atoms with van der Waals surface area (Å²) in [7, 11) is 0. The summed E-state index contributed by atoms with van der Waals surface area (Å²) in [6.45, 7) is 2.24. The Balaban J connectivity index is 2.11. The molecular formula is C11H13N3. The predicted octanol–water partition coefficient (Wildman–Crippen LogP) is 1.64. The number of aromatic amines is 1. The lowest BCUT2D eigenvalue weighted by Crippen LogP contribution is -2.07. The summed E-state index contributed by atoms with van der Waals surface area (Å²) in [6.07, 6.45) is 5.17. The highest BCUT2D eigenvalue weighted by Crippen LogP contribution is 2.28. The molecule has 3 heterocycles. The molecule has 1 saturated heterocycles. The lowest BCUT2D eigenvalue weighted by molar-refractivity contribution is 0.769. The second kappa shape index (κ2) is 3.10. The second-order valence-electron chi connectivity index (χ2n) is 3.83. The number of aromatic nitrogens is 2. The number of hydrogen-bond acceptors (Lipinski definition) is 2. The highest BCUT2D eigenvalue weighted by Gasteiger charge is 2.19. The van der Waals surface area contributed by atoms with E-state index in [-0.39, 0.29) is 0 Å². The number of nitrogens with zero attached hydrogens (tertiary/aromatic N) is 1. The van der Waals surface area contributed by atoms with Gasteiger partial charge in [-0.05, 0) is 36.6 Å². The molecular weight excluding hydrogens is 174 g/mol. The number of rotatable bonds is 1. The molecule has 1 atom stereocenters. The van der Waals surface area contributed by atoms with Crippen molar-refractivity contribution < 1.29 is 0 Å². The van der Waals surface area contributed by atoms with E-state index in [4.69, 9.17) is 0 Å². The molecule has 3 rings (SSSR count). The fourth-order valence-corrected chi connectivity index (χ4v) is 2.23. The maximum absolute atomic E-state index is 4.30. The van der Waals surface area contributed by atoms with Crippen molar-refractivity contribution in [3.05, 3.63) is 30.1 Å². The zero-order valence-electron chi connectivity index (χ0n) is 7.96. The van der Waals surface area contributed by atoms with Crippen LogP contribution in [0.2, 0.25) is 0 Å². The summed E-state index contributed by atoms with van der Waals surface area (Å²) in [5, 5.41) is 4.67. The highest BCUT2D eigenvalue weighted by atomic mass is 14.9. The Morgan fingerprint density at radius 3 is 3.29 bits per heavy atom. The molecule has 2 N–H and O–H groups in total. The van der Waals surface area contributed by atoms with Crippen molar-refractivity contribution in [2.45, 2.75) is 12.3 Å². The molecule has 0 bridgehead atoms. The van der Waals surface area contributed by atoms with Crippen molar-refractivity contribution in [1.29, 1.82) is 0 Å². The first-order valence-corrected chi connectivity index (χ1v) is 5.08. The Labute approximate surface area is 82.5 Å². The summed E-state index contributed by atoms with van der Waals surface area (Å²) in [4.78, 5) is 7.52. The smallest absolute Gasteiger partial charge is 0.137 e. The monoisotopic (exact) mass is 187 g/mol. The molecule has 3 heteroatoms. The van der Waals surface area contributed by atoms with E-state index in [1.165, 1.54) is 17.4 Å². The second-order valence-corrected chi connectivity index (χ2v) is 3.83. The van der Waals surface area contributed by atoms with Crippen LogP contribution in [0.4, 0.5) is 0 Å². The standard InChI is InChI=1S/C11H13N3/c1-2-9-10(8-3-5-12-6-8)7-14-11(9)13-4-1/h1-2,4,7-8,12H,3,5-6H2,(H,13,14)/t8-/m0/s1. The normalized spacial score (nSPS) is 21.9. The molecule has 0 unspecified atom stereocenters. The van der Waals surface area contributed by atoms with Crippen LogP contribution in [0.3, 0.4) is 0 Å². The van der Waals surface area contributed by atoms with Gasteiger partial charge in [0, 0.05) is 24.3 Å². The third-order valence-corrected chi connectivity index (χ3v) is 2.98. The van der Waals surface area contributed by atoms with Gasteiger partial charge in [0.15, 0.2) is 0 Å². The van der Waals surface area contributed by atoms with Crippen molar-refractivity contribution in [3.8, 4) is 0 Å². The van der Waals surface area contributed by atoms with Crippen LogP contribution < -0.4 is 5.32 Å². The summed E-state index contributed by atoms with van der Waals surface area (Å²) in [5.41, 5.74) is 2.42. The number of fused-ring (bicyclic) bond motifs is 1. The first kappa shape index (κ1) is 8.00. The molecule has 14 heavy (non-hydrogen) atoms. The zero-order valence-corrected chi connectivity index (χ0v) is 7.96. The molecule has 1 aliphatic heterocycles. The van der Waals surface area contributed by atoms with Gasteiger partial charge < -0.3 is 10.3 Å². The first-order chi connectivity index (χ1) is 6.95. The lowest BCUT2D eigenvalue weighted by atomic mass is 9.99. The van der Waals surface area contributed by atoms with E-state index in [9.17, 15) is 0 Å². The molecule has 2 aromatic heterocycles. The van der Waals surface area contributed by atoms with Crippen molar-refractivity contribution in [1.82, 2.24) is 15.3 Å². The molecule has 0 saturated carbocycles.